The molecule has 0 spiro atoms. The lowest BCUT2D eigenvalue weighted by Crippen LogP contribution is -2.11. The van der Waals surface area contributed by atoms with Gasteiger partial charge in [-0.05, 0) is 54.8 Å². The van der Waals surface area contributed by atoms with Gasteiger partial charge in [-0.3, -0.25) is 0 Å². The monoisotopic (exact) mass is 360 g/mol. The SMILES string of the molecule is CC(O)C1C=CC=C(c2cc3cc(Cc4ccccc4)ccc3o2)C(F)=C1. The first-order valence-corrected chi connectivity index (χ1v) is 9.11. The molecule has 0 amide bonds. The highest BCUT2D eigenvalue weighted by Crippen LogP contribution is 2.33. The van der Waals surface area contributed by atoms with Crippen molar-refractivity contribution in [3.05, 3.63) is 102 Å². The Morgan fingerprint density at radius 2 is 1.89 bits per heavy atom. The van der Waals surface area contributed by atoms with Crippen molar-refractivity contribution in [2.45, 2.75) is 19.4 Å². The average molecular weight is 360 g/mol. The minimum Gasteiger partial charge on any atom is -0.456 e. The van der Waals surface area contributed by atoms with Crippen LogP contribution in [0.4, 0.5) is 4.39 Å². The summed E-state index contributed by atoms with van der Waals surface area (Å²) in [6.07, 6.45) is 6.88. The maximum Gasteiger partial charge on any atom is 0.138 e. The summed E-state index contributed by atoms with van der Waals surface area (Å²) in [5, 5.41) is 10.7. The van der Waals surface area contributed by atoms with E-state index in [1.165, 1.54) is 17.2 Å². The number of aliphatic hydroxyl groups excluding tert-OH is 1. The Morgan fingerprint density at radius 1 is 1.07 bits per heavy atom. The van der Waals surface area contributed by atoms with Crippen molar-refractivity contribution in [3.63, 3.8) is 0 Å². The van der Waals surface area contributed by atoms with Crippen LogP contribution in [0.25, 0.3) is 16.5 Å². The predicted octanol–water partition coefficient (Wildman–Crippen LogP) is 5.83. The molecule has 3 aromatic rings. The summed E-state index contributed by atoms with van der Waals surface area (Å²) in [5.74, 6) is -0.235. The fourth-order valence-electron chi connectivity index (χ4n) is 3.34. The van der Waals surface area contributed by atoms with E-state index in [4.69, 9.17) is 4.42 Å². The molecule has 2 atom stereocenters. The Balaban J connectivity index is 1.65. The number of furan rings is 1. The van der Waals surface area contributed by atoms with Crippen molar-refractivity contribution in [1.82, 2.24) is 0 Å². The summed E-state index contributed by atoms with van der Waals surface area (Å²) in [6.45, 7) is 1.65. The normalized spacial score (nSPS) is 18.1. The molecule has 0 radical (unpaired) electrons. The van der Waals surface area contributed by atoms with E-state index in [-0.39, 0.29) is 11.7 Å². The van der Waals surface area contributed by atoms with Gasteiger partial charge >= 0.3 is 0 Å². The zero-order valence-corrected chi connectivity index (χ0v) is 15.1. The van der Waals surface area contributed by atoms with E-state index >= 15 is 0 Å². The van der Waals surface area contributed by atoms with E-state index < -0.39 is 6.10 Å². The van der Waals surface area contributed by atoms with Crippen LogP contribution in [0.3, 0.4) is 0 Å². The van der Waals surface area contributed by atoms with E-state index in [1.54, 1.807) is 25.2 Å². The first-order chi connectivity index (χ1) is 13.1. The van der Waals surface area contributed by atoms with Crippen molar-refractivity contribution < 1.29 is 13.9 Å². The van der Waals surface area contributed by atoms with Crippen molar-refractivity contribution in [1.29, 1.82) is 0 Å². The molecule has 4 rings (SSSR count). The highest BCUT2D eigenvalue weighted by molar-refractivity contribution is 5.86. The smallest absolute Gasteiger partial charge is 0.138 e. The van der Waals surface area contributed by atoms with E-state index in [9.17, 15) is 9.50 Å². The van der Waals surface area contributed by atoms with Crippen molar-refractivity contribution in [2.24, 2.45) is 5.92 Å². The van der Waals surface area contributed by atoms with Gasteiger partial charge in [-0.2, -0.15) is 0 Å². The second kappa shape index (κ2) is 7.37. The van der Waals surface area contributed by atoms with E-state index in [2.05, 4.69) is 18.2 Å². The maximum absolute atomic E-state index is 14.7. The highest BCUT2D eigenvalue weighted by atomic mass is 19.1. The van der Waals surface area contributed by atoms with E-state index in [1.807, 2.05) is 36.4 Å². The molecule has 3 heteroatoms. The lowest BCUT2D eigenvalue weighted by Gasteiger charge is -2.10. The minimum absolute atomic E-state index is 0.347. The minimum atomic E-state index is -0.643. The fourth-order valence-corrected chi connectivity index (χ4v) is 3.34. The molecule has 0 saturated carbocycles. The number of rotatable bonds is 4. The van der Waals surface area contributed by atoms with Gasteiger partial charge in [-0.1, -0.05) is 48.6 Å². The molecule has 1 aliphatic carbocycles. The molecule has 0 fully saturated rings. The van der Waals surface area contributed by atoms with Gasteiger partial charge in [0.1, 0.15) is 17.2 Å². The Bertz CT molecular complexity index is 1040. The number of benzene rings is 2. The summed E-state index contributed by atoms with van der Waals surface area (Å²) in [4.78, 5) is 0. The van der Waals surface area contributed by atoms with Gasteiger partial charge < -0.3 is 9.52 Å². The molecule has 2 aromatic carbocycles. The summed E-state index contributed by atoms with van der Waals surface area (Å²) >= 11 is 0. The van der Waals surface area contributed by atoms with Crippen LogP contribution in [0.5, 0.6) is 0 Å². The number of halogens is 1. The van der Waals surface area contributed by atoms with E-state index in [0.717, 1.165) is 17.4 Å². The molecule has 1 aromatic heterocycles. The van der Waals surface area contributed by atoms with Gasteiger partial charge in [-0.25, -0.2) is 4.39 Å². The number of fused-ring (bicyclic) bond motifs is 1. The third-order valence-electron chi connectivity index (χ3n) is 4.85. The number of allylic oxidation sites excluding steroid dienone is 4. The first-order valence-electron chi connectivity index (χ1n) is 9.11. The standard InChI is InChI=1S/C24H21FO2/c1-16(26)19-8-5-9-21(22(25)14-19)24-15-20-13-18(10-11-23(20)27-24)12-17-6-3-2-4-7-17/h2-11,13-16,19,26H,12H2,1H3. The summed E-state index contributed by atoms with van der Waals surface area (Å²) < 4.78 is 20.6. The summed E-state index contributed by atoms with van der Waals surface area (Å²) in [7, 11) is 0. The van der Waals surface area contributed by atoms with Crippen molar-refractivity contribution >= 4 is 16.5 Å². The van der Waals surface area contributed by atoms with Crippen molar-refractivity contribution in [2.75, 3.05) is 0 Å². The maximum atomic E-state index is 14.7. The van der Waals surface area contributed by atoms with Gasteiger partial charge in [0, 0.05) is 11.3 Å². The van der Waals surface area contributed by atoms with Crippen molar-refractivity contribution in [3.8, 4) is 0 Å². The fraction of sp³-hybridized carbons (Fsp3) is 0.167. The van der Waals surface area contributed by atoms with Gasteiger partial charge in [0.05, 0.1) is 11.7 Å². The first kappa shape index (κ1) is 17.5. The van der Waals surface area contributed by atoms with Gasteiger partial charge in [0.25, 0.3) is 0 Å². The topological polar surface area (TPSA) is 33.4 Å². The molecule has 2 nitrogen and oxygen atoms in total. The van der Waals surface area contributed by atoms with Gasteiger partial charge in [0.15, 0.2) is 0 Å². The zero-order chi connectivity index (χ0) is 18.8. The second-order valence-electron chi connectivity index (χ2n) is 6.94. The Kier molecular flexibility index (Phi) is 4.78. The molecule has 0 bridgehead atoms. The lowest BCUT2D eigenvalue weighted by molar-refractivity contribution is 0.168. The van der Waals surface area contributed by atoms with Crippen LogP contribution in [0.15, 0.2) is 89.1 Å². The van der Waals surface area contributed by atoms with Gasteiger partial charge in [-0.15, -0.1) is 0 Å². The molecule has 2 unspecified atom stereocenters. The number of aliphatic hydroxyl groups is 1. The van der Waals surface area contributed by atoms with Crippen LogP contribution in [0.2, 0.25) is 0 Å². The van der Waals surface area contributed by atoms with Crippen LogP contribution < -0.4 is 0 Å². The van der Waals surface area contributed by atoms with Crippen LogP contribution >= 0.6 is 0 Å². The summed E-state index contributed by atoms with van der Waals surface area (Å²) in [6, 6.07) is 18.2. The second-order valence-corrected chi connectivity index (χ2v) is 6.94. The molecular weight excluding hydrogens is 339 g/mol. The lowest BCUT2D eigenvalue weighted by atomic mass is 10.0. The van der Waals surface area contributed by atoms with E-state index in [0.29, 0.717) is 11.3 Å². The van der Waals surface area contributed by atoms with Crippen LogP contribution in [0.1, 0.15) is 23.8 Å². The molecule has 27 heavy (non-hydrogen) atoms. The quantitative estimate of drug-likeness (QED) is 0.635. The molecule has 1 heterocycles. The zero-order valence-electron chi connectivity index (χ0n) is 15.1. The molecule has 0 saturated heterocycles. The van der Waals surface area contributed by atoms with Crippen LogP contribution in [-0.4, -0.2) is 11.2 Å². The Labute approximate surface area is 157 Å². The largest absolute Gasteiger partial charge is 0.456 e. The highest BCUT2D eigenvalue weighted by Gasteiger charge is 2.18. The third kappa shape index (κ3) is 3.79. The molecule has 136 valence electrons. The molecular formula is C24H21FO2. The number of hydrogen-bond acceptors (Lipinski definition) is 2. The molecule has 1 N–H and O–H groups in total. The van der Waals surface area contributed by atoms with Crippen LogP contribution in [0, 0.1) is 5.92 Å². The van der Waals surface area contributed by atoms with Gasteiger partial charge in [0.2, 0.25) is 0 Å². The molecule has 0 aliphatic heterocycles. The van der Waals surface area contributed by atoms with Crippen LogP contribution in [-0.2, 0) is 6.42 Å². The Hall–Kier alpha value is -2.91. The third-order valence-corrected chi connectivity index (χ3v) is 4.85. The predicted molar refractivity (Wildman–Crippen MR) is 107 cm³/mol. The molecule has 1 aliphatic rings. The number of hydrogen-bond donors (Lipinski definition) is 1. The average Bonchev–Trinajstić information content (AvgIpc) is 2.97. The summed E-state index contributed by atoms with van der Waals surface area (Å²) in [5.41, 5.74) is 3.56. The Morgan fingerprint density at radius 3 is 2.67 bits per heavy atom.